The molecule has 0 aliphatic rings. The van der Waals surface area contributed by atoms with Crippen molar-refractivity contribution in [1.29, 1.82) is 0 Å². The summed E-state index contributed by atoms with van der Waals surface area (Å²) < 4.78 is 0.785. The minimum absolute atomic E-state index is 0.0611. The topological polar surface area (TPSA) is 42.0 Å². The molecule has 1 aromatic heterocycles. The van der Waals surface area contributed by atoms with Gasteiger partial charge in [0.05, 0.1) is 10.9 Å². The van der Waals surface area contributed by atoms with E-state index in [0.717, 1.165) is 10.9 Å². The lowest BCUT2D eigenvalue weighted by Gasteiger charge is -2.21. The van der Waals surface area contributed by atoms with Gasteiger partial charge in [0.15, 0.2) is 0 Å². The number of alkyl halides is 1. The fraction of sp³-hybridized carbons (Fsp3) is 0.538. The Labute approximate surface area is 121 Å². The summed E-state index contributed by atoms with van der Waals surface area (Å²) >= 11 is 9.47. The Bertz CT molecular complexity index is 418. The zero-order valence-electron chi connectivity index (χ0n) is 10.8. The quantitative estimate of drug-likeness (QED) is 0.855. The lowest BCUT2D eigenvalue weighted by Crippen LogP contribution is -2.31. The van der Waals surface area contributed by atoms with Gasteiger partial charge in [0.2, 0.25) is 0 Å². The number of rotatable bonds is 4. The molecule has 18 heavy (non-hydrogen) atoms. The fourth-order valence-corrected chi connectivity index (χ4v) is 2.48. The van der Waals surface area contributed by atoms with Crippen molar-refractivity contribution in [2.24, 2.45) is 5.41 Å². The molecule has 0 aromatic carbocycles. The lowest BCUT2D eigenvalue weighted by atomic mass is 9.90. The average molecular weight is 334 g/mol. The number of nitrogens with one attached hydrogen (secondary N) is 1. The maximum absolute atomic E-state index is 11.8. The van der Waals surface area contributed by atoms with Gasteiger partial charge in [-0.25, -0.2) is 0 Å². The Morgan fingerprint density at radius 3 is 2.72 bits per heavy atom. The molecule has 0 saturated carbocycles. The number of pyridine rings is 1. The minimum Gasteiger partial charge on any atom is -0.351 e. The van der Waals surface area contributed by atoms with Crippen molar-refractivity contribution in [1.82, 2.24) is 10.3 Å². The number of carbonyl (C=O) groups excluding carboxylic acids is 1. The highest BCUT2D eigenvalue weighted by molar-refractivity contribution is 9.10. The van der Waals surface area contributed by atoms with Crippen LogP contribution in [0.25, 0.3) is 0 Å². The summed E-state index contributed by atoms with van der Waals surface area (Å²) in [7, 11) is 0. The van der Waals surface area contributed by atoms with E-state index in [1.165, 1.54) is 6.20 Å². The van der Waals surface area contributed by atoms with Gasteiger partial charge in [-0.15, -0.1) is 11.6 Å². The maximum atomic E-state index is 11.8. The molecule has 0 bridgehead atoms. The van der Waals surface area contributed by atoms with Crippen LogP contribution in [0.2, 0.25) is 0 Å². The molecule has 1 unspecified atom stereocenters. The van der Waals surface area contributed by atoms with Crippen LogP contribution < -0.4 is 5.32 Å². The summed E-state index contributed by atoms with van der Waals surface area (Å²) in [4.78, 5) is 15.8. The molecule has 0 radical (unpaired) electrons. The number of nitrogens with zero attached hydrogens (tertiary/aromatic N) is 1. The zero-order valence-corrected chi connectivity index (χ0v) is 13.2. The Hall–Kier alpha value is -0.610. The third-order valence-corrected chi connectivity index (χ3v) is 3.03. The largest absolute Gasteiger partial charge is 0.351 e. The second-order valence-electron chi connectivity index (χ2n) is 5.46. The van der Waals surface area contributed by atoms with Gasteiger partial charge < -0.3 is 5.32 Å². The van der Waals surface area contributed by atoms with E-state index in [9.17, 15) is 4.79 Å². The summed E-state index contributed by atoms with van der Waals surface area (Å²) in [5.74, 6) is -0.150. The Morgan fingerprint density at radius 2 is 2.17 bits per heavy atom. The van der Waals surface area contributed by atoms with Crippen LogP contribution in [-0.2, 0) is 0 Å². The standard InChI is InChI=1S/C13H18BrClN2O/c1-13(2,3)5-11(15)8-17-12(18)9-4-10(14)7-16-6-9/h4,6-7,11H,5,8H2,1-3H3,(H,17,18). The van der Waals surface area contributed by atoms with Gasteiger partial charge in [-0.2, -0.15) is 0 Å². The van der Waals surface area contributed by atoms with Crippen molar-refractivity contribution in [3.8, 4) is 0 Å². The number of halogens is 2. The molecule has 100 valence electrons. The highest BCUT2D eigenvalue weighted by atomic mass is 79.9. The monoisotopic (exact) mass is 332 g/mol. The van der Waals surface area contributed by atoms with Crippen LogP contribution in [0, 0.1) is 5.41 Å². The van der Waals surface area contributed by atoms with E-state index in [1.54, 1.807) is 12.3 Å². The normalized spacial score (nSPS) is 13.2. The number of amides is 1. The molecule has 1 amide bonds. The summed E-state index contributed by atoms with van der Waals surface area (Å²) in [6.45, 7) is 6.84. The van der Waals surface area contributed by atoms with Crippen LogP contribution in [0.5, 0.6) is 0 Å². The highest BCUT2D eigenvalue weighted by Crippen LogP contribution is 2.23. The van der Waals surface area contributed by atoms with E-state index in [1.807, 2.05) is 0 Å². The fourth-order valence-electron chi connectivity index (χ4n) is 1.58. The number of carbonyl (C=O) groups is 1. The van der Waals surface area contributed by atoms with Crippen LogP contribution in [-0.4, -0.2) is 22.8 Å². The van der Waals surface area contributed by atoms with E-state index in [0.29, 0.717) is 12.1 Å². The summed E-state index contributed by atoms with van der Waals surface area (Å²) in [6.07, 6.45) is 4.03. The van der Waals surface area contributed by atoms with E-state index in [-0.39, 0.29) is 16.7 Å². The number of hydrogen-bond donors (Lipinski definition) is 1. The molecule has 0 fully saturated rings. The molecule has 1 aromatic rings. The van der Waals surface area contributed by atoms with Gasteiger partial charge in [-0.1, -0.05) is 20.8 Å². The van der Waals surface area contributed by atoms with Crippen molar-refractivity contribution < 1.29 is 4.79 Å². The average Bonchev–Trinajstić information content (AvgIpc) is 2.23. The Balaban J connectivity index is 2.47. The molecular formula is C13H18BrClN2O. The summed E-state index contributed by atoms with van der Waals surface area (Å²) in [5.41, 5.74) is 0.693. The van der Waals surface area contributed by atoms with Crippen molar-refractivity contribution in [2.45, 2.75) is 32.6 Å². The molecule has 1 heterocycles. The molecule has 5 heteroatoms. The SMILES string of the molecule is CC(C)(C)CC(Cl)CNC(=O)c1cncc(Br)c1. The van der Waals surface area contributed by atoms with Gasteiger partial charge >= 0.3 is 0 Å². The van der Waals surface area contributed by atoms with Crippen molar-refractivity contribution in [3.63, 3.8) is 0 Å². The van der Waals surface area contributed by atoms with Crippen molar-refractivity contribution >= 4 is 33.4 Å². The predicted octanol–water partition coefficient (Wildman–Crippen LogP) is 3.62. The van der Waals surface area contributed by atoms with Gasteiger partial charge in [-0.3, -0.25) is 9.78 Å². The highest BCUT2D eigenvalue weighted by Gasteiger charge is 2.17. The van der Waals surface area contributed by atoms with E-state index in [4.69, 9.17) is 11.6 Å². The zero-order chi connectivity index (χ0) is 13.8. The first-order valence-corrected chi connectivity index (χ1v) is 7.04. The first-order chi connectivity index (χ1) is 8.28. The molecule has 0 aliphatic heterocycles. The van der Waals surface area contributed by atoms with Crippen LogP contribution >= 0.6 is 27.5 Å². The lowest BCUT2D eigenvalue weighted by molar-refractivity contribution is 0.0951. The van der Waals surface area contributed by atoms with Crippen LogP contribution in [0.4, 0.5) is 0 Å². The number of aromatic nitrogens is 1. The second kappa shape index (κ2) is 6.53. The Morgan fingerprint density at radius 1 is 1.50 bits per heavy atom. The molecule has 1 rings (SSSR count). The van der Waals surface area contributed by atoms with Gasteiger partial charge in [0, 0.05) is 23.4 Å². The van der Waals surface area contributed by atoms with Crippen molar-refractivity contribution in [3.05, 3.63) is 28.5 Å². The molecule has 0 spiro atoms. The first-order valence-electron chi connectivity index (χ1n) is 5.81. The van der Waals surface area contributed by atoms with E-state index >= 15 is 0 Å². The molecule has 3 nitrogen and oxygen atoms in total. The minimum atomic E-state index is -0.150. The molecule has 0 aliphatic carbocycles. The van der Waals surface area contributed by atoms with Gasteiger partial charge in [0.1, 0.15) is 0 Å². The molecular weight excluding hydrogens is 316 g/mol. The van der Waals surface area contributed by atoms with E-state index < -0.39 is 0 Å². The van der Waals surface area contributed by atoms with Crippen LogP contribution in [0.15, 0.2) is 22.9 Å². The predicted molar refractivity (Wildman–Crippen MR) is 78.0 cm³/mol. The van der Waals surface area contributed by atoms with E-state index in [2.05, 4.69) is 47.0 Å². The molecule has 0 saturated heterocycles. The van der Waals surface area contributed by atoms with Crippen molar-refractivity contribution in [2.75, 3.05) is 6.54 Å². The smallest absolute Gasteiger partial charge is 0.252 e. The van der Waals surface area contributed by atoms with Gasteiger partial charge in [0.25, 0.3) is 5.91 Å². The first kappa shape index (κ1) is 15.4. The van der Waals surface area contributed by atoms with Crippen LogP contribution in [0.3, 0.4) is 0 Å². The third kappa shape index (κ3) is 5.83. The van der Waals surface area contributed by atoms with Gasteiger partial charge in [-0.05, 0) is 33.8 Å². The molecule has 1 N–H and O–H groups in total. The number of hydrogen-bond acceptors (Lipinski definition) is 2. The van der Waals surface area contributed by atoms with Crippen LogP contribution in [0.1, 0.15) is 37.6 Å². The summed E-state index contributed by atoms with van der Waals surface area (Å²) in [6, 6.07) is 1.73. The second-order valence-corrected chi connectivity index (χ2v) is 7.00. The summed E-state index contributed by atoms with van der Waals surface area (Å²) in [5, 5.41) is 2.76. The third-order valence-electron chi connectivity index (χ3n) is 2.29. The Kier molecular flexibility index (Phi) is 5.60. The molecule has 1 atom stereocenters. The maximum Gasteiger partial charge on any atom is 0.252 e.